The number of fused-ring (bicyclic) bond motifs is 1. The number of Topliss-reactive ketones (excluding diaryl/α,β-unsaturated/α-hetero) is 1. The van der Waals surface area contributed by atoms with Gasteiger partial charge in [0.1, 0.15) is 5.82 Å². The third kappa shape index (κ3) is 2.56. The van der Waals surface area contributed by atoms with Gasteiger partial charge in [0.15, 0.2) is 5.78 Å². The summed E-state index contributed by atoms with van der Waals surface area (Å²) in [4.78, 5) is 39.7. The quantitative estimate of drug-likeness (QED) is 0.819. The van der Waals surface area contributed by atoms with Crippen molar-refractivity contribution in [3.05, 3.63) is 59.6 Å². The molecule has 7 heteroatoms. The third-order valence-corrected chi connectivity index (χ3v) is 6.71. The number of carbonyl (C=O) groups is 1. The largest absolute Gasteiger partial charge is 0.344 e. The number of anilines is 1. The van der Waals surface area contributed by atoms with Gasteiger partial charge in [-0.3, -0.25) is 18.7 Å². The van der Waals surface area contributed by atoms with Crippen LogP contribution in [-0.2, 0) is 18.9 Å². The first-order chi connectivity index (χ1) is 12.6. The van der Waals surface area contributed by atoms with Crippen LogP contribution >= 0.6 is 11.3 Å². The normalized spacial score (nSPS) is 20.9. The molecular weight excluding hydrogens is 362 g/mol. The highest BCUT2D eigenvalue weighted by molar-refractivity contribution is 7.10. The molecule has 0 bridgehead atoms. The molecule has 2 aliphatic rings. The number of hydrogen-bond donors (Lipinski definition) is 1. The predicted molar refractivity (Wildman–Crippen MR) is 106 cm³/mol. The zero-order chi connectivity index (χ0) is 19.7. The molecule has 0 radical (unpaired) electrons. The molecule has 6 nitrogen and oxygen atoms in total. The molecule has 27 heavy (non-hydrogen) atoms. The van der Waals surface area contributed by atoms with Crippen molar-refractivity contribution in [1.82, 2.24) is 9.13 Å². The summed E-state index contributed by atoms with van der Waals surface area (Å²) >= 11 is 1.55. The Morgan fingerprint density at radius 3 is 2.48 bits per heavy atom. The molecule has 2 aromatic heterocycles. The molecule has 0 unspecified atom stereocenters. The van der Waals surface area contributed by atoms with Crippen LogP contribution in [-0.4, -0.2) is 14.9 Å². The fourth-order valence-corrected chi connectivity index (χ4v) is 5.34. The molecule has 1 aliphatic heterocycles. The van der Waals surface area contributed by atoms with Gasteiger partial charge in [-0.05, 0) is 35.8 Å². The molecule has 0 saturated carbocycles. The average Bonchev–Trinajstić information content (AvgIpc) is 3.01. The number of carbonyl (C=O) groups excluding carboxylic acids is 1. The Hall–Kier alpha value is -2.41. The van der Waals surface area contributed by atoms with Crippen LogP contribution < -0.4 is 16.6 Å². The van der Waals surface area contributed by atoms with E-state index in [1.165, 1.54) is 11.6 Å². The van der Waals surface area contributed by atoms with Gasteiger partial charge in [0, 0.05) is 36.7 Å². The van der Waals surface area contributed by atoms with Crippen molar-refractivity contribution >= 4 is 22.9 Å². The molecule has 0 amide bonds. The van der Waals surface area contributed by atoms with Crippen LogP contribution in [0.4, 0.5) is 5.82 Å². The minimum absolute atomic E-state index is 0.0770. The summed E-state index contributed by atoms with van der Waals surface area (Å²) in [5.41, 5.74) is 2.18. The summed E-state index contributed by atoms with van der Waals surface area (Å²) in [5.74, 6) is 0.156. The van der Waals surface area contributed by atoms with E-state index in [-0.39, 0.29) is 22.4 Å². The van der Waals surface area contributed by atoms with E-state index in [1.54, 1.807) is 18.4 Å². The second-order valence-corrected chi connectivity index (χ2v) is 9.27. The molecule has 0 spiro atoms. The third-order valence-electron chi connectivity index (χ3n) is 5.63. The minimum atomic E-state index is -0.426. The van der Waals surface area contributed by atoms with Gasteiger partial charge in [-0.1, -0.05) is 13.8 Å². The summed E-state index contributed by atoms with van der Waals surface area (Å²) in [7, 11) is 3.15. The fourth-order valence-electron chi connectivity index (χ4n) is 4.29. The number of aromatic nitrogens is 2. The van der Waals surface area contributed by atoms with Gasteiger partial charge in [-0.15, -0.1) is 11.3 Å². The maximum atomic E-state index is 13.1. The van der Waals surface area contributed by atoms with E-state index >= 15 is 0 Å². The van der Waals surface area contributed by atoms with Gasteiger partial charge in [0.2, 0.25) is 0 Å². The molecule has 2 aromatic rings. The van der Waals surface area contributed by atoms with Gasteiger partial charge < -0.3 is 5.32 Å². The number of ketones is 1. The molecule has 4 rings (SSSR count). The second kappa shape index (κ2) is 5.79. The molecule has 142 valence electrons. The van der Waals surface area contributed by atoms with E-state index < -0.39 is 5.92 Å². The van der Waals surface area contributed by atoms with E-state index in [1.807, 2.05) is 18.4 Å². The van der Waals surface area contributed by atoms with Gasteiger partial charge >= 0.3 is 5.69 Å². The van der Waals surface area contributed by atoms with Crippen molar-refractivity contribution in [2.45, 2.75) is 39.5 Å². The van der Waals surface area contributed by atoms with Crippen molar-refractivity contribution in [2.24, 2.45) is 19.5 Å². The Balaban J connectivity index is 2.10. The van der Waals surface area contributed by atoms with E-state index in [4.69, 9.17) is 0 Å². The first-order valence-corrected chi connectivity index (χ1v) is 9.87. The number of thiophene rings is 1. The maximum Gasteiger partial charge on any atom is 0.332 e. The Labute approximate surface area is 161 Å². The van der Waals surface area contributed by atoms with Gasteiger partial charge in [-0.2, -0.15) is 0 Å². The van der Waals surface area contributed by atoms with Crippen LogP contribution in [0, 0.1) is 12.3 Å². The van der Waals surface area contributed by atoms with Crippen molar-refractivity contribution < 1.29 is 4.79 Å². The first kappa shape index (κ1) is 18.0. The summed E-state index contributed by atoms with van der Waals surface area (Å²) in [6.07, 6.45) is 1.16. The van der Waals surface area contributed by atoms with E-state index in [0.29, 0.717) is 29.8 Å². The topological polar surface area (TPSA) is 73.1 Å². The minimum Gasteiger partial charge on any atom is -0.344 e. The molecule has 1 aliphatic carbocycles. The monoisotopic (exact) mass is 385 g/mol. The van der Waals surface area contributed by atoms with Crippen molar-refractivity contribution in [3.8, 4) is 0 Å². The lowest BCUT2D eigenvalue weighted by Crippen LogP contribution is -2.45. The van der Waals surface area contributed by atoms with E-state index in [9.17, 15) is 14.4 Å². The van der Waals surface area contributed by atoms with Crippen LogP contribution in [0.3, 0.4) is 0 Å². The zero-order valence-corrected chi connectivity index (χ0v) is 17.0. The van der Waals surface area contributed by atoms with E-state index in [2.05, 4.69) is 19.2 Å². The highest BCUT2D eigenvalue weighted by Gasteiger charge is 2.43. The lowest BCUT2D eigenvalue weighted by Gasteiger charge is -2.39. The predicted octanol–water partition coefficient (Wildman–Crippen LogP) is 2.65. The van der Waals surface area contributed by atoms with Crippen molar-refractivity contribution in [2.75, 3.05) is 5.32 Å². The van der Waals surface area contributed by atoms with Crippen molar-refractivity contribution in [3.63, 3.8) is 0 Å². The summed E-state index contributed by atoms with van der Waals surface area (Å²) < 4.78 is 2.60. The van der Waals surface area contributed by atoms with Gasteiger partial charge in [0.25, 0.3) is 5.56 Å². The number of allylic oxidation sites excluding steroid dienone is 2. The van der Waals surface area contributed by atoms with Gasteiger partial charge in [-0.25, -0.2) is 4.79 Å². The SMILES string of the molecule is Cc1ccsc1[C@@H]1C2=C(CC(C)(C)CC2=O)Nc2c1c(=O)n(C)c(=O)n2C. The highest BCUT2D eigenvalue weighted by atomic mass is 32.1. The van der Waals surface area contributed by atoms with Crippen LogP contribution in [0.5, 0.6) is 0 Å². The Kier molecular flexibility index (Phi) is 3.86. The lowest BCUT2D eigenvalue weighted by atomic mass is 9.70. The molecule has 0 saturated heterocycles. The van der Waals surface area contributed by atoms with Crippen LogP contribution in [0.2, 0.25) is 0 Å². The first-order valence-electron chi connectivity index (χ1n) is 8.99. The number of hydrogen-bond acceptors (Lipinski definition) is 5. The van der Waals surface area contributed by atoms with Gasteiger partial charge in [0.05, 0.1) is 11.5 Å². The molecule has 0 aromatic carbocycles. The molecule has 0 fully saturated rings. The average molecular weight is 385 g/mol. The lowest BCUT2D eigenvalue weighted by molar-refractivity contribution is -0.118. The second-order valence-electron chi connectivity index (χ2n) is 8.33. The molecule has 1 N–H and O–H groups in total. The molecule has 1 atom stereocenters. The van der Waals surface area contributed by atoms with Crippen molar-refractivity contribution in [1.29, 1.82) is 0 Å². The standard InChI is InChI=1S/C20H23N3O3S/c1-10-6-7-27-16(10)14-13-11(8-20(2,3)9-12(13)24)21-17-15(14)18(25)23(5)19(26)22(17)4/h6-7,14,21H,8-9H2,1-5H3/t14-/m1/s1. The zero-order valence-electron chi connectivity index (χ0n) is 16.2. The summed E-state index contributed by atoms with van der Waals surface area (Å²) in [6, 6.07) is 2.01. The Bertz CT molecular complexity index is 1130. The van der Waals surface area contributed by atoms with E-state index in [0.717, 1.165) is 20.7 Å². The smallest absolute Gasteiger partial charge is 0.332 e. The number of nitrogens with one attached hydrogen (secondary N) is 1. The summed E-state index contributed by atoms with van der Waals surface area (Å²) in [5, 5.41) is 5.27. The maximum absolute atomic E-state index is 13.1. The van der Waals surface area contributed by atoms with Crippen LogP contribution in [0.15, 0.2) is 32.3 Å². The highest BCUT2D eigenvalue weighted by Crippen LogP contribution is 2.49. The fraction of sp³-hybridized carbons (Fsp3) is 0.450. The van der Waals surface area contributed by atoms with Crippen LogP contribution in [0.25, 0.3) is 0 Å². The Morgan fingerprint density at radius 1 is 1.15 bits per heavy atom. The number of aryl methyl sites for hydroxylation is 1. The summed E-state index contributed by atoms with van der Waals surface area (Å²) in [6.45, 7) is 6.14. The molecular formula is C20H23N3O3S. The Morgan fingerprint density at radius 2 is 1.85 bits per heavy atom. The molecule has 3 heterocycles. The number of rotatable bonds is 1. The number of nitrogens with zero attached hydrogens (tertiary/aromatic N) is 2. The van der Waals surface area contributed by atoms with Crippen LogP contribution in [0.1, 0.15) is 48.6 Å².